The van der Waals surface area contributed by atoms with Gasteiger partial charge >= 0.3 is 0 Å². The minimum atomic E-state index is 0.798. The molecule has 3 aliphatic carbocycles. The molecule has 0 aromatic heterocycles. The van der Waals surface area contributed by atoms with Gasteiger partial charge in [-0.1, -0.05) is 41.0 Å². The maximum absolute atomic E-state index is 2.57. The smallest absolute Gasteiger partial charge is 0.0196 e. The zero-order valence-corrected chi connectivity index (χ0v) is 11.7. The molecule has 0 N–H and O–H groups in total. The van der Waals surface area contributed by atoms with E-state index in [9.17, 15) is 0 Å². The van der Waals surface area contributed by atoms with Crippen LogP contribution < -0.4 is 0 Å². The Hall–Kier alpha value is 0. The average molecular weight is 220 g/mol. The highest BCUT2D eigenvalue weighted by Gasteiger charge is 2.95. The van der Waals surface area contributed by atoms with Crippen molar-refractivity contribution >= 4 is 0 Å². The molecule has 3 saturated carbocycles. The van der Waals surface area contributed by atoms with E-state index in [2.05, 4.69) is 34.6 Å². The molecular weight excluding hydrogens is 192 g/mol. The number of fused-ring (bicyclic) bond motifs is 3. The fraction of sp³-hybridized carbons (Fsp3) is 1.00. The van der Waals surface area contributed by atoms with Gasteiger partial charge in [-0.2, -0.15) is 0 Å². The minimum Gasteiger partial charge on any atom is -0.0651 e. The van der Waals surface area contributed by atoms with Crippen molar-refractivity contribution in [2.24, 2.45) is 40.4 Å². The Morgan fingerprint density at radius 3 is 2.19 bits per heavy atom. The van der Waals surface area contributed by atoms with Gasteiger partial charge in [0.2, 0.25) is 0 Å². The summed E-state index contributed by atoms with van der Waals surface area (Å²) >= 11 is 0. The molecule has 3 rings (SSSR count). The van der Waals surface area contributed by atoms with Crippen LogP contribution in [0.1, 0.15) is 60.3 Å². The van der Waals surface area contributed by atoms with Crippen molar-refractivity contribution in [2.45, 2.75) is 60.3 Å². The molecule has 0 heteroatoms. The van der Waals surface area contributed by atoms with Crippen LogP contribution in [0.4, 0.5) is 0 Å². The molecule has 16 heavy (non-hydrogen) atoms. The lowest BCUT2D eigenvalue weighted by Gasteiger charge is -2.26. The second kappa shape index (κ2) is 3.06. The van der Waals surface area contributed by atoms with Crippen molar-refractivity contribution < 1.29 is 0 Å². The van der Waals surface area contributed by atoms with Crippen LogP contribution in [0, 0.1) is 40.4 Å². The Morgan fingerprint density at radius 2 is 1.75 bits per heavy atom. The van der Waals surface area contributed by atoms with E-state index in [1.54, 1.807) is 6.42 Å². The van der Waals surface area contributed by atoms with Gasteiger partial charge in [0.15, 0.2) is 0 Å². The molecule has 92 valence electrons. The van der Waals surface area contributed by atoms with Crippen molar-refractivity contribution in [3.63, 3.8) is 0 Å². The van der Waals surface area contributed by atoms with Gasteiger partial charge in [0.1, 0.15) is 0 Å². The standard InChI is InChI=1S/C16H28/c1-6-10(2)11(3)7-8-15(5)13-14(15)16(13)9-12(16)4/h10-14H,6-9H2,1-5H3. The summed E-state index contributed by atoms with van der Waals surface area (Å²) in [6.45, 7) is 12.3. The summed E-state index contributed by atoms with van der Waals surface area (Å²) in [5.74, 6) is 5.28. The zero-order valence-electron chi connectivity index (χ0n) is 11.7. The van der Waals surface area contributed by atoms with Gasteiger partial charge in [0.25, 0.3) is 0 Å². The van der Waals surface area contributed by atoms with E-state index >= 15 is 0 Å². The van der Waals surface area contributed by atoms with Gasteiger partial charge in [-0.3, -0.25) is 0 Å². The fourth-order valence-corrected chi connectivity index (χ4v) is 5.03. The molecule has 0 amide bonds. The molecule has 0 aromatic rings. The lowest BCUT2D eigenvalue weighted by Crippen LogP contribution is -2.18. The van der Waals surface area contributed by atoms with E-state index in [4.69, 9.17) is 0 Å². The SMILES string of the molecule is CCC(C)C(C)CCC1(C)C2C1C21CC1C. The monoisotopic (exact) mass is 220 g/mol. The van der Waals surface area contributed by atoms with Gasteiger partial charge < -0.3 is 0 Å². The summed E-state index contributed by atoms with van der Waals surface area (Å²) in [5.41, 5.74) is 1.72. The molecule has 0 saturated heterocycles. The third-order valence-electron chi connectivity index (χ3n) is 6.86. The molecule has 0 bridgehead atoms. The number of hydrogen-bond acceptors (Lipinski definition) is 0. The lowest BCUT2D eigenvalue weighted by atomic mass is 9.79. The van der Waals surface area contributed by atoms with Crippen molar-refractivity contribution in [1.82, 2.24) is 0 Å². The normalized spacial score (nSPS) is 55.7. The summed E-state index contributed by atoms with van der Waals surface area (Å²) in [4.78, 5) is 0. The summed E-state index contributed by atoms with van der Waals surface area (Å²) in [6.07, 6.45) is 5.91. The molecular formula is C16H28. The van der Waals surface area contributed by atoms with Crippen molar-refractivity contribution in [3.05, 3.63) is 0 Å². The highest BCUT2D eigenvalue weighted by molar-refractivity contribution is 5.42. The Morgan fingerprint density at radius 1 is 1.19 bits per heavy atom. The second-order valence-corrected chi connectivity index (χ2v) is 7.58. The first-order valence-electron chi connectivity index (χ1n) is 7.48. The predicted octanol–water partition coefficient (Wildman–Crippen LogP) is 4.74. The summed E-state index contributed by atoms with van der Waals surface area (Å²) < 4.78 is 0. The van der Waals surface area contributed by atoms with Crippen molar-refractivity contribution in [1.29, 1.82) is 0 Å². The van der Waals surface area contributed by atoms with Crippen LogP contribution in [-0.4, -0.2) is 0 Å². The summed E-state index contributed by atoms with van der Waals surface area (Å²) in [6, 6.07) is 0. The summed E-state index contributed by atoms with van der Waals surface area (Å²) in [5, 5.41) is 0. The van der Waals surface area contributed by atoms with Crippen LogP contribution in [0.15, 0.2) is 0 Å². The van der Waals surface area contributed by atoms with E-state index in [1.165, 1.54) is 31.1 Å². The van der Waals surface area contributed by atoms with E-state index in [0.29, 0.717) is 0 Å². The Bertz CT molecular complexity index is 293. The van der Waals surface area contributed by atoms with Crippen LogP contribution in [0.25, 0.3) is 0 Å². The molecule has 0 aliphatic heterocycles. The van der Waals surface area contributed by atoms with Gasteiger partial charge in [0, 0.05) is 0 Å². The van der Waals surface area contributed by atoms with Crippen LogP contribution in [0.5, 0.6) is 0 Å². The first kappa shape index (κ1) is 11.1. The van der Waals surface area contributed by atoms with Crippen LogP contribution in [-0.2, 0) is 0 Å². The maximum atomic E-state index is 2.57. The highest BCUT2D eigenvalue weighted by atomic mass is 15.0. The van der Waals surface area contributed by atoms with Gasteiger partial charge in [-0.05, 0) is 59.7 Å². The van der Waals surface area contributed by atoms with E-state index in [1.807, 2.05) is 0 Å². The van der Waals surface area contributed by atoms with E-state index in [-0.39, 0.29) is 0 Å². The average Bonchev–Trinajstić information content (AvgIpc) is 3.17. The maximum Gasteiger partial charge on any atom is -0.0196 e. The van der Waals surface area contributed by atoms with Gasteiger partial charge in [0.05, 0.1) is 0 Å². The molecule has 5 atom stereocenters. The van der Waals surface area contributed by atoms with E-state index in [0.717, 1.165) is 28.6 Å². The van der Waals surface area contributed by atoms with Crippen LogP contribution in [0.3, 0.4) is 0 Å². The molecule has 3 fully saturated rings. The molecule has 5 unspecified atom stereocenters. The van der Waals surface area contributed by atoms with E-state index < -0.39 is 0 Å². The Kier molecular flexibility index (Phi) is 2.12. The Labute approximate surface area is 101 Å². The highest BCUT2D eigenvalue weighted by Crippen LogP contribution is 2.99. The van der Waals surface area contributed by atoms with Crippen LogP contribution >= 0.6 is 0 Å². The van der Waals surface area contributed by atoms with Crippen molar-refractivity contribution in [3.8, 4) is 0 Å². The quantitative estimate of drug-likeness (QED) is 0.627. The fourth-order valence-electron chi connectivity index (χ4n) is 5.03. The van der Waals surface area contributed by atoms with Crippen LogP contribution in [0.2, 0.25) is 0 Å². The molecule has 1 spiro atoms. The first-order valence-corrected chi connectivity index (χ1v) is 7.48. The molecule has 0 heterocycles. The third kappa shape index (κ3) is 1.17. The lowest BCUT2D eigenvalue weighted by molar-refractivity contribution is 0.235. The first-order chi connectivity index (χ1) is 7.48. The second-order valence-electron chi connectivity index (χ2n) is 7.58. The largest absolute Gasteiger partial charge is 0.0651 e. The number of rotatable bonds is 5. The molecule has 0 nitrogen and oxygen atoms in total. The minimum absolute atomic E-state index is 0.798. The molecule has 0 radical (unpaired) electrons. The molecule has 0 aromatic carbocycles. The third-order valence-corrected chi connectivity index (χ3v) is 6.86. The molecule has 3 aliphatic rings. The topological polar surface area (TPSA) is 0 Å². The summed E-state index contributed by atoms with van der Waals surface area (Å²) in [7, 11) is 0. The van der Waals surface area contributed by atoms with Gasteiger partial charge in [-0.25, -0.2) is 0 Å². The van der Waals surface area contributed by atoms with Gasteiger partial charge in [-0.15, -0.1) is 0 Å². The predicted molar refractivity (Wildman–Crippen MR) is 69.2 cm³/mol. The zero-order chi connectivity index (χ0) is 11.7. The van der Waals surface area contributed by atoms with Crippen molar-refractivity contribution in [2.75, 3.05) is 0 Å². The number of hydrogen-bond donors (Lipinski definition) is 0. The Balaban J connectivity index is 1.45.